The van der Waals surface area contributed by atoms with Crippen LogP contribution in [0.3, 0.4) is 0 Å². The molecule has 0 unspecified atom stereocenters. The van der Waals surface area contributed by atoms with Gasteiger partial charge in [0, 0.05) is 0 Å². The van der Waals surface area contributed by atoms with E-state index in [-0.39, 0.29) is 56.3 Å². The van der Waals surface area contributed by atoms with Crippen LogP contribution in [0.25, 0.3) is 0 Å². The molecule has 0 aliphatic heterocycles. The van der Waals surface area contributed by atoms with Gasteiger partial charge in [-0.05, 0) is 24.5 Å². The summed E-state index contributed by atoms with van der Waals surface area (Å²) in [7, 11) is -4.37. The zero-order valence-electron chi connectivity index (χ0n) is 35.9. The molecule has 0 bridgehead atoms. The minimum absolute atomic E-state index is 0. The Morgan fingerprint density at radius 1 is 0.358 bits per heavy atom. The van der Waals surface area contributed by atoms with Crippen molar-refractivity contribution in [3.05, 3.63) is 29.8 Å². The van der Waals surface area contributed by atoms with Crippen molar-refractivity contribution >= 4 is 10.1 Å². The van der Waals surface area contributed by atoms with Gasteiger partial charge in [-0.2, -0.15) is 0 Å². The number of unbranched alkanes of at least 4 members (excludes halogenated alkanes) is 39. The molecule has 0 fully saturated rings. The van der Waals surface area contributed by atoms with E-state index in [0.29, 0.717) is 12.0 Å². The SMILES string of the molecule is CCCCCCCCCCCCCCCCCCCCCCCCCCCCCCCCCCCCCCCCCCc1ccccc1S(=O)(=O)[O-].[K+]. The predicted octanol–water partition coefficient (Wildman–Crippen LogP) is 13.8. The summed E-state index contributed by atoms with van der Waals surface area (Å²) in [6.45, 7) is 2.30. The zero-order valence-corrected chi connectivity index (χ0v) is 39.9. The molecule has 1 rings (SSSR count). The van der Waals surface area contributed by atoms with Gasteiger partial charge in [0.15, 0.2) is 0 Å². The molecule has 0 N–H and O–H groups in total. The minimum atomic E-state index is -4.37. The first-order valence-electron chi connectivity index (χ1n) is 23.6. The first-order chi connectivity index (χ1) is 25.6. The van der Waals surface area contributed by atoms with E-state index in [4.69, 9.17) is 0 Å². The standard InChI is InChI=1S/C48H90O3S.K/c1-2-3-4-5-6-7-8-9-10-11-12-13-14-15-16-17-18-19-20-21-22-23-24-25-26-27-28-29-30-31-32-33-34-35-36-37-38-39-40-41-44-47-45-42-43-46-48(47)52(49,50)51;/h42-43,45-46H,2-41,44H2,1H3,(H,49,50,51);/q;+1/p-1. The van der Waals surface area contributed by atoms with E-state index in [1.807, 2.05) is 6.07 Å². The summed E-state index contributed by atoms with van der Waals surface area (Å²) >= 11 is 0. The molecule has 3 nitrogen and oxygen atoms in total. The van der Waals surface area contributed by atoms with Crippen LogP contribution in [-0.4, -0.2) is 13.0 Å². The molecule has 0 spiro atoms. The van der Waals surface area contributed by atoms with Crippen LogP contribution in [0, 0.1) is 0 Å². The Bertz CT molecular complexity index is 965. The number of rotatable bonds is 42. The van der Waals surface area contributed by atoms with E-state index in [0.717, 1.165) is 12.8 Å². The number of benzene rings is 1. The molecule has 0 heterocycles. The molecule has 0 amide bonds. The van der Waals surface area contributed by atoms with E-state index in [1.54, 1.807) is 12.1 Å². The van der Waals surface area contributed by atoms with Gasteiger partial charge in [-0.15, -0.1) is 0 Å². The third kappa shape index (κ3) is 38.1. The first-order valence-corrected chi connectivity index (χ1v) is 25.0. The maximum Gasteiger partial charge on any atom is 1.00 e. The van der Waals surface area contributed by atoms with Crippen molar-refractivity contribution in [1.29, 1.82) is 0 Å². The fourth-order valence-corrected chi connectivity index (χ4v) is 8.80. The molecule has 0 aliphatic carbocycles. The summed E-state index contributed by atoms with van der Waals surface area (Å²) in [4.78, 5) is -0.0400. The molecule has 0 saturated carbocycles. The third-order valence-corrected chi connectivity index (χ3v) is 12.5. The summed E-state index contributed by atoms with van der Waals surface area (Å²) in [5.41, 5.74) is 0.675. The quantitative estimate of drug-likeness (QED) is 0.0377. The fraction of sp³-hybridized carbons (Fsp3) is 0.875. The normalized spacial score (nSPS) is 11.7. The van der Waals surface area contributed by atoms with Crippen molar-refractivity contribution < 1.29 is 64.4 Å². The number of hydrogen-bond donors (Lipinski definition) is 0. The Kier molecular flexibility index (Phi) is 43.0. The molecule has 53 heavy (non-hydrogen) atoms. The second-order valence-corrected chi connectivity index (χ2v) is 17.9. The van der Waals surface area contributed by atoms with Crippen LogP contribution in [0.4, 0.5) is 0 Å². The van der Waals surface area contributed by atoms with E-state index in [9.17, 15) is 13.0 Å². The molecule has 1 aromatic rings. The third-order valence-electron chi connectivity index (χ3n) is 11.5. The van der Waals surface area contributed by atoms with Gasteiger partial charge >= 0.3 is 51.4 Å². The fourth-order valence-electron chi connectivity index (χ4n) is 8.06. The largest absolute Gasteiger partial charge is 1.00 e. The summed E-state index contributed by atoms with van der Waals surface area (Å²) in [6, 6.07) is 6.65. The Morgan fingerprint density at radius 3 is 0.792 bits per heavy atom. The second-order valence-electron chi connectivity index (χ2n) is 16.6. The van der Waals surface area contributed by atoms with E-state index < -0.39 is 10.1 Å². The Hall–Kier alpha value is 0.766. The Balaban J connectivity index is 0.0000270. The summed E-state index contributed by atoms with van der Waals surface area (Å²) in [5.74, 6) is 0. The second kappa shape index (κ2) is 42.4. The van der Waals surface area contributed by atoms with Crippen LogP contribution in [0.15, 0.2) is 29.2 Å². The van der Waals surface area contributed by atoms with Crippen molar-refractivity contribution in [3.8, 4) is 0 Å². The van der Waals surface area contributed by atoms with Gasteiger partial charge in [0.1, 0.15) is 10.1 Å². The monoisotopic (exact) mass is 785 g/mol. The van der Waals surface area contributed by atoms with Crippen LogP contribution in [0.1, 0.15) is 269 Å². The molecule has 1 aromatic carbocycles. The summed E-state index contributed by atoms with van der Waals surface area (Å²) < 4.78 is 34.2. The van der Waals surface area contributed by atoms with Crippen molar-refractivity contribution in [2.24, 2.45) is 0 Å². The van der Waals surface area contributed by atoms with Gasteiger partial charge in [0.05, 0.1) is 4.90 Å². The molecule has 0 radical (unpaired) electrons. The maximum absolute atomic E-state index is 11.4. The molecule has 5 heteroatoms. The molecule has 0 aliphatic rings. The van der Waals surface area contributed by atoms with Crippen molar-refractivity contribution in [3.63, 3.8) is 0 Å². The van der Waals surface area contributed by atoms with Crippen LogP contribution in [-0.2, 0) is 16.5 Å². The Morgan fingerprint density at radius 2 is 0.566 bits per heavy atom. The Labute approximate surface area is 375 Å². The first kappa shape index (κ1) is 53.8. The van der Waals surface area contributed by atoms with Crippen molar-refractivity contribution in [1.82, 2.24) is 0 Å². The number of aryl methyl sites for hydroxylation is 1. The smallest absolute Gasteiger partial charge is 0.744 e. The molecule has 306 valence electrons. The van der Waals surface area contributed by atoms with Gasteiger partial charge in [-0.25, -0.2) is 8.42 Å². The van der Waals surface area contributed by atoms with Crippen LogP contribution in [0.5, 0.6) is 0 Å². The molecular formula is C48H89KO3S. The van der Waals surface area contributed by atoms with Crippen LogP contribution >= 0.6 is 0 Å². The van der Waals surface area contributed by atoms with Gasteiger partial charge in [0.25, 0.3) is 0 Å². The van der Waals surface area contributed by atoms with Crippen molar-refractivity contribution in [2.75, 3.05) is 0 Å². The van der Waals surface area contributed by atoms with E-state index in [1.165, 1.54) is 250 Å². The average Bonchev–Trinajstić information content (AvgIpc) is 3.13. The molecule has 0 aromatic heterocycles. The molecular weight excluding hydrogens is 696 g/mol. The van der Waals surface area contributed by atoms with Gasteiger partial charge < -0.3 is 4.55 Å². The predicted molar refractivity (Wildman–Crippen MR) is 228 cm³/mol. The number of hydrogen-bond acceptors (Lipinski definition) is 3. The summed E-state index contributed by atoms with van der Waals surface area (Å²) in [5, 5.41) is 0. The van der Waals surface area contributed by atoms with Gasteiger partial charge in [0.2, 0.25) is 0 Å². The van der Waals surface area contributed by atoms with Crippen LogP contribution in [0.2, 0.25) is 0 Å². The average molecular weight is 785 g/mol. The zero-order chi connectivity index (χ0) is 37.5. The summed E-state index contributed by atoms with van der Waals surface area (Å²) in [6.07, 6.45) is 57.3. The molecule has 0 atom stereocenters. The topological polar surface area (TPSA) is 57.2 Å². The van der Waals surface area contributed by atoms with Gasteiger partial charge in [-0.3, -0.25) is 0 Å². The van der Waals surface area contributed by atoms with E-state index in [2.05, 4.69) is 6.92 Å². The van der Waals surface area contributed by atoms with E-state index >= 15 is 0 Å². The van der Waals surface area contributed by atoms with Gasteiger partial charge in [-0.1, -0.05) is 276 Å². The minimum Gasteiger partial charge on any atom is -0.744 e. The van der Waals surface area contributed by atoms with Crippen molar-refractivity contribution in [2.45, 2.75) is 275 Å². The maximum atomic E-state index is 11.4. The van der Waals surface area contributed by atoms with Crippen LogP contribution < -0.4 is 51.4 Å². The molecule has 0 saturated heterocycles.